The molecule has 19 heavy (non-hydrogen) atoms. The van der Waals surface area contributed by atoms with Crippen molar-refractivity contribution in [1.82, 2.24) is 9.55 Å². The highest BCUT2D eigenvalue weighted by atomic mass is 15.1. The molecule has 0 radical (unpaired) electrons. The van der Waals surface area contributed by atoms with Gasteiger partial charge in [0.25, 0.3) is 0 Å². The Hall–Kier alpha value is -1.61. The lowest BCUT2D eigenvalue weighted by atomic mass is 9.86. The van der Waals surface area contributed by atoms with Crippen molar-refractivity contribution in [3.05, 3.63) is 41.9 Å². The Bertz CT molecular complexity index is 544. The summed E-state index contributed by atoms with van der Waals surface area (Å²) in [5.41, 5.74) is 9.31. The van der Waals surface area contributed by atoms with E-state index in [0.29, 0.717) is 6.54 Å². The zero-order chi connectivity index (χ0) is 14.0. The summed E-state index contributed by atoms with van der Waals surface area (Å²) in [6.45, 7) is 10.1. The summed E-state index contributed by atoms with van der Waals surface area (Å²) in [6.07, 6.45) is 2.08. The first-order valence-corrected chi connectivity index (χ1v) is 6.76. The van der Waals surface area contributed by atoms with Crippen LogP contribution < -0.4 is 5.73 Å². The molecule has 0 aliphatic rings. The van der Waals surface area contributed by atoms with Crippen molar-refractivity contribution in [2.45, 2.75) is 39.7 Å². The molecule has 1 aromatic carbocycles. The van der Waals surface area contributed by atoms with Gasteiger partial charge in [0, 0.05) is 24.8 Å². The van der Waals surface area contributed by atoms with Crippen LogP contribution >= 0.6 is 0 Å². The maximum absolute atomic E-state index is 5.60. The van der Waals surface area contributed by atoms with Gasteiger partial charge in [-0.2, -0.15) is 0 Å². The highest BCUT2D eigenvalue weighted by molar-refractivity contribution is 5.59. The monoisotopic (exact) mass is 257 g/mol. The van der Waals surface area contributed by atoms with Crippen molar-refractivity contribution in [2.24, 2.45) is 5.73 Å². The molecule has 1 aromatic heterocycles. The third-order valence-electron chi connectivity index (χ3n) is 3.39. The third-order valence-corrected chi connectivity index (χ3v) is 3.39. The molecule has 0 spiro atoms. The molecule has 2 N–H and O–H groups in total. The smallest absolute Gasteiger partial charge is 0.106 e. The van der Waals surface area contributed by atoms with E-state index in [4.69, 9.17) is 5.73 Å². The van der Waals surface area contributed by atoms with Crippen LogP contribution in [-0.4, -0.2) is 16.1 Å². The van der Waals surface area contributed by atoms with Gasteiger partial charge in [-0.05, 0) is 17.9 Å². The largest absolute Gasteiger partial charge is 0.333 e. The molecule has 0 aliphatic heterocycles. The van der Waals surface area contributed by atoms with E-state index in [-0.39, 0.29) is 5.41 Å². The van der Waals surface area contributed by atoms with Crippen molar-refractivity contribution in [3.63, 3.8) is 0 Å². The Morgan fingerprint density at radius 1 is 1.16 bits per heavy atom. The topological polar surface area (TPSA) is 43.8 Å². The van der Waals surface area contributed by atoms with E-state index in [0.717, 1.165) is 23.6 Å². The van der Waals surface area contributed by atoms with Crippen molar-refractivity contribution < 1.29 is 0 Å². The van der Waals surface area contributed by atoms with Crippen molar-refractivity contribution >= 4 is 0 Å². The highest BCUT2D eigenvalue weighted by Crippen LogP contribution is 2.25. The van der Waals surface area contributed by atoms with Gasteiger partial charge in [-0.1, -0.05) is 45.0 Å². The highest BCUT2D eigenvalue weighted by Gasteiger charge is 2.13. The van der Waals surface area contributed by atoms with Crippen LogP contribution in [0.5, 0.6) is 0 Å². The van der Waals surface area contributed by atoms with E-state index >= 15 is 0 Å². The molecule has 0 saturated carbocycles. The zero-order valence-electron chi connectivity index (χ0n) is 12.3. The molecule has 0 amide bonds. The van der Waals surface area contributed by atoms with Crippen LogP contribution in [0.4, 0.5) is 0 Å². The zero-order valence-corrected chi connectivity index (χ0v) is 12.3. The lowest BCUT2D eigenvalue weighted by Crippen LogP contribution is -2.10. The van der Waals surface area contributed by atoms with E-state index in [1.807, 2.05) is 6.92 Å². The summed E-state index contributed by atoms with van der Waals surface area (Å²) < 4.78 is 2.10. The average molecular weight is 257 g/mol. The Kier molecular flexibility index (Phi) is 3.76. The Morgan fingerprint density at radius 2 is 1.79 bits per heavy atom. The summed E-state index contributed by atoms with van der Waals surface area (Å²) >= 11 is 0. The molecule has 0 aliphatic carbocycles. The molecule has 0 unspecified atom stereocenters. The fraction of sp³-hybridized carbons (Fsp3) is 0.438. The third kappa shape index (κ3) is 3.04. The normalized spacial score (nSPS) is 11.8. The second-order valence-electron chi connectivity index (χ2n) is 5.98. The molecule has 0 fully saturated rings. The van der Waals surface area contributed by atoms with Crippen molar-refractivity contribution in [3.8, 4) is 11.3 Å². The van der Waals surface area contributed by atoms with Crippen LogP contribution in [0.25, 0.3) is 11.3 Å². The first-order chi connectivity index (χ1) is 8.91. The number of rotatable bonds is 3. The van der Waals surface area contributed by atoms with Gasteiger partial charge in [-0.15, -0.1) is 0 Å². The standard InChI is InChI=1S/C16H23N3/c1-12-18-15(11-19(12)10-9-17)13-5-7-14(8-6-13)16(2,3)4/h5-8,11H,9-10,17H2,1-4H3. The van der Waals surface area contributed by atoms with Gasteiger partial charge in [-0.25, -0.2) is 4.98 Å². The quantitative estimate of drug-likeness (QED) is 0.918. The maximum Gasteiger partial charge on any atom is 0.106 e. The summed E-state index contributed by atoms with van der Waals surface area (Å²) in [6, 6.07) is 8.67. The molecule has 102 valence electrons. The lowest BCUT2D eigenvalue weighted by Gasteiger charge is -2.18. The van der Waals surface area contributed by atoms with E-state index in [9.17, 15) is 0 Å². The van der Waals surface area contributed by atoms with Gasteiger partial charge in [0.05, 0.1) is 5.69 Å². The van der Waals surface area contributed by atoms with Crippen LogP contribution in [0.1, 0.15) is 32.2 Å². The van der Waals surface area contributed by atoms with E-state index in [1.165, 1.54) is 5.56 Å². The van der Waals surface area contributed by atoms with Crippen LogP contribution in [0, 0.1) is 6.92 Å². The lowest BCUT2D eigenvalue weighted by molar-refractivity contribution is 0.590. The predicted molar refractivity (Wildman–Crippen MR) is 80.2 cm³/mol. The number of hydrogen-bond donors (Lipinski definition) is 1. The number of aryl methyl sites for hydroxylation is 1. The van der Waals surface area contributed by atoms with Crippen LogP contribution in [0.2, 0.25) is 0 Å². The first kappa shape index (κ1) is 13.8. The molecule has 1 heterocycles. The SMILES string of the molecule is Cc1nc(-c2ccc(C(C)(C)C)cc2)cn1CCN. The minimum Gasteiger partial charge on any atom is -0.333 e. The second kappa shape index (κ2) is 5.17. The molecular weight excluding hydrogens is 234 g/mol. The van der Waals surface area contributed by atoms with E-state index in [1.54, 1.807) is 0 Å². The summed E-state index contributed by atoms with van der Waals surface area (Å²) in [4.78, 5) is 4.60. The second-order valence-corrected chi connectivity index (χ2v) is 5.98. The van der Waals surface area contributed by atoms with E-state index < -0.39 is 0 Å². The van der Waals surface area contributed by atoms with Gasteiger partial charge in [-0.3, -0.25) is 0 Å². The number of nitrogens with zero attached hydrogens (tertiary/aromatic N) is 2. The molecule has 0 atom stereocenters. The number of hydrogen-bond acceptors (Lipinski definition) is 2. The number of imidazole rings is 1. The summed E-state index contributed by atoms with van der Waals surface area (Å²) in [5.74, 6) is 1.01. The van der Waals surface area contributed by atoms with Gasteiger partial charge >= 0.3 is 0 Å². The van der Waals surface area contributed by atoms with Gasteiger partial charge in [0.2, 0.25) is 0 Å². The molecule has 3 nitrogen and oxygen atoms in total. The number of nitrogens with two attached hydrogens (primary N) is 1. The van der Waals surface area contributed by atoms with E-state index in [2.05, 4.69) is 60.8 Å². The summed E-state index contributed by atoms with van der Waals surface area (Å²) in [7, 11) is 0. The minimum absolute atomic E-state index is 0.188. The van der Waals surface area contributed by atoms with Crippen LogP contribution in [0.3, 0.4) is 0 Å². The minimum atomic E-state index is 0.188. The maximum atomic E-state index is 5.60. The first-order valence-electron chi connectivity index (χ1n) is 6.76. The van der Waals surface area contributed by atoms with Crippen LogP contribution in [-0.2, 0) is 12.0 Å². The fourth-order valence-corrected chi connectivity index (χ4v) is 2.15. The molecule has 2 rings (SSSR count). The predicted octanol–water partition coefficient (Wildman–Crippen LogP) is 3.11. The van der Waals surface area contributed by atoms with Gasteiger partial charge in [0.1, 0.15) is 5.82 Å². The molecular formula is C16H23N3. The van der Waals surface area contributed by atoms with Gasteiger partial charge in [0.15, 0.2) is 0 Å². The summed E-state index contributed by atoms with van der Waals surface area (Å²) in [5, 5.41) is 0. The van der Waals surface area contributed by atoms with Crippen molar-refractivity contribution in [2.75, 3.05) is 6.54 Å². The fourth-order valence-electron chi connectivity index (χ4n) is 2.15. The van der Waals surface area contributed by atoms with Gasteiger partial charge < -0.3 is 10.3 Å². The average Bonchev–Trinajstić information content (AvgIpc) is 2.71. The Morgan fingerprint density at radius 3 is 2.32 bits per heavy atom. The number of benzene rings is 1. The molecule has 2 aromatic rings. The molecule has 0 saturated heterocycles. The number of aromatic nitrogens is 2. The Labute approximate surface area is 115 Å². The molecule has 0 bridgehead atoms. The Balaban J connectivity index is 2.30. The van der Waals surface area contributed by atoms with Crippen molar-refractivity contribution in [1.29, 1.82) is 0 Å². The van der Waals surface area contributed by atoms with Crippen LogP contribution in [0.15, 0.2) is 30.5 Å². The molecule has 3 heteroatoms.